The molecule has 0 aromatic carbocycles. The Morgan fingerprint density at radius 3 is 2.53 bits per heavy atom. The van der Waals surface area contributed by atoms with Crippen molar-refractivity contribution in [3.8, 4) is 0 Å². The molecule has 1 aliphatic heterocycles. The summed E-state index contributed by atoms with van der Waals surface area (Å²) in [6.45, 7) is 12.0. The fraction of sp³-hybridized carbons (Fsp3) is 0.857. The molecule has 5 nitrogen and oxygen atoms in total. The largest absolute Gasteiger partial charge is 0.339 e. The summed E-state index contributed by atoms with van der Waals surface area (Å²) in [4.78, 5) is 6.96. The van der Waals surface area contributed by atoms with E-state index in [2.05, 4.69) is 55.1 Å². The van der Waals surface area contributed by atoms with E-state index in [4.69, 9.17) is 4.52 Å². The van der Waals surface area contributed by atoms with Crippen LogP contribution in [0.25, 0.3) is 0 Å². The Balaban J connectivity index is 1.81. The van der Waals surface area contributed by atoms with Crippen LogP contribution in [0.3, 0.4) is 0 Å². The van der Waals surface area contributed by atoms with Crippen LogP contribution in [0.2, 0.25) is 0 Å². The van der Waals surface area contributed by atoms with E-state index in [1.54, 1.807) is 0 Å². The van der Waals surface area contributed by atoms with E-state index >= 15 is 0 Å². The third-order valence-corrected chi connectivity index (χ3v) is 5.53. The van der Waals surface area contributed by atoms with Gasteiger partial charge in [0, 0.05) is 25.6 Å². The summed E-state index contributed by atoms with van der Waals surface area (Å²) < 4.78 is 5.55. The molecule has 5 heteroatoms. The Morgan fingerprint density at radius 2 is 1.95 bits per heavy atom. The predicted molar refractivity (Wildman–Crippen MR) is 72.8 cm³/mol. The monoisotopic (exact) mass is 264 g/mol. The van der Waals surface area contributed by atoms with Gasteiger partial charge in [-0.3, -0.25) is 4.90 Å². The van der Waals surface area contributed by atoms with E-state index in [1.165, 1.54) is 0 Å². The molecule has 1 saturated heterocycles. The number of rotatable bonds is 2. The standard InChI is InChI=1S/C14H24N4O/c1-13(2)10(14(13,3)4)12-16-11(17-19-12)9-8-15-6-7-18(9)5/h9-10,15H,6-8H2,1-5H3. The molecule has 2 heterocycles. The van der Waals surface area contributed by atoms with Gasteiger partial charge in [-0.1, -0.05) is 32.9 Å². The Hall–Kier alpha value is -0.940. The fourth-order valence-electron chi connectivity index (χ4n) is 3.41. The molecule has 2 aliphatic rings. The van der Waals surface area contributed by atoms with E-state index in [-0.39, 0.29) is 16.9 Å². The molecular weight excluding hydrogens is 240 g/mol. The van der Waals surface area contributed by atoms with E-state index in [1.807, 2.05) is 0 Å². The molecule has 1 aromatic heterocycles. The zero-order valence-corrected chi connectivity index (χ0v) is 12.5. The molecule has 1 atom stereocenters. The van der Waals surface area contributed by atoms with Gasteiger partial charge in [0.25, 0.3) is 0 Å². The summed E-state index contributed by atoms with van der Waals surface area (Å²) >= 11 is 0. The molecule has 1 aromatic rings. The highest BCUT2D eigenvalue weighted by Crippen LogP contribution is 2.73. The zero-order valence-electron chi connectivity index (χ0n) is 12.5. The lowest BCUT2D eigenvalue weighted by atomic mass is 10.0. The average Bonchev–Trinajstić information content (AvgIpc) is 2.70. The average molecular weight is 264 g/mol. The summed E-state index contributed by atoms with van der Waals surface area (Å²) in [6.07, 6.45) is 0. The van der Waals surface area contributed by atoms with E-state index in [0.717, 1.165) is 31.3 Å². The SMILES string of the molecule is CN1CCNCC1c1noc(C2C(C)(C)C2(C)C)n1. The molecule has 1 saturated carbocycles. The van der Waals surface area contributed by atoms with Crippen molar-refractivity contribution < 1.29 is 4.52 Å². The van der Waals surface area contributed by atoms with Gasteiger partial charge in [0.1, 0.15) is 0 Å². The molecule has 0 bridgehead atoms. The number of hydrogen-bond acceptors (Lipinski definition) is 5. The summed E-state index contributed by atoms with van der Waals surface area (Å²) in [5, 5.41) is 7.60. The Morgan fingerprint density at radius 1 is 1.26 bits per heavy atom. The molecular formula is C14H24N4O. The first-order valence-electron chi connectivity index (χ1n) is 7.10. The molecule has 0 radical (unpaired) electrons. The fourth-order valence-corrected chi connectivity index (χ4v) is 3.41. The van der Waals surface area contributed by atoms with Crippen molar-refractivity contribution in [3.05, 3.63) is 11.7 Å². The summed E-state index contributed by atoms with van der Waals surface area (Å²) in [5.41, 5.74) is 0.487. The minimum atomic E-state index is 0.233. The number of likely N-dealkylation sites (N-methyl/N-ethyl adjacent to an activating group) is 1. The second-order valence-corrected chi connectivity index (χ2v) is 7.07. The van der Waals surface area contributed by atoms with Crippen LogP contribution in [-0.2, 0) is 0 Å². The van der Waals surface area contributed by atoms with Crippen molar-refractivity contribution in [1.29, 1.82) is 0 Å². The van der Waals surface area contributed by atoms with Crippen LogP contribution in [0.5, 0.6) is 0 Å². The number of aromatic nitrogens is 2. The number of nitrogens with zero attached hydrogens (tertiary/aromatic N) is 3. The van der Waals surface area contributed by atoms with Gasteiger partial charge >= 0.3 is 0 Å². The van der Waals surface area contributed by atoms with E-state index in [9.17, 15) is 0 Å². The topological polar surface area (TPSA) is 54.2 Å². The lowest BCUT2D eigenvalue weighted by molar-refractivity contribution is 0.190. The highest BCUT2D eigenvalue weighted by atomic mass is 16.5. The van der Waals surface area contributed by atoms with Crippen LogP contribution in [0, 0.1) is 10.8 Å². The quantitative estimate of drug-likeness (QED) is 0.882. The first-order chi connectivity index (χ1) is 8.85. The lowest BCUT2D eigenvalue weighted by Crippen LogP contribution is -2.44. The van der Waals surface area contributed by atoms with Crippen LogP contribution in [0.15, 0.2) is 4.52 Å². The Labute approximate surface area is 114 Å². The Bertz CT molecular complexity index is 466. The maximum atomic E-state index is 5.55. The summed E-state index contributed by atoms with van der Waals surface area (Å²) in [5.74, 6) is 2.01. The molecule has 1 aliphatic carbocycles. The van der Waals surface area contributed by atoms with Gasteiger partial charge in [-0.2, -0.15) is 4.98 Å². The van der Waals surface area contributed by atoms with Gasteiger partial charge in [0.05, 0.1) is 6.04 Å². The summed E-state index contributed by atoms with van der Waals surface area (Å²) in [6, 6.07) is 0.233. The van der Waals surface area contributed by atoms with E-state index < -0.39 is 0 Å². The van der Waals surface area contributed by atoms with Crippen molar-refractivity contribution in [1.82, 2.24) is 20.4 Å². The smallest absolute Gasteiger partial charge is 0.230 e. The van der Waals surface area contributed by atoms with Gasteiger partial charge in [-0.25, -0.2) is 0 Å². The van der Waals surface area contributed by atoms with Crippen LogP contribution in [-0.4, -0.2) is 41.7 Å². The first kappa shape index (κ1) is 13.1. The molecule has 0 spiro atoms. The van der Waals surface area contributed by atoms with Crippen molar-refractivity contribution in [2.24, 2.45) is 10.8 Å². The van der Waals surface area contributed by atoms with Crippen LogP contribution >= 0.6 is 0 Å². The molecule has 1 unspecified atom stereocenters. The van der Waals surface area contributed by atoms with Crippen molar-refractivity contribution in [2.75, 3.05) is 26.7 Å². The van der Waals surface area contributed by atoms with Gasteiger partial charge < -0.3 is 9.84 Å². The van der Waals surface area contributed by atoms with Crippen LogP contribution in [0.4, 0.5) is 0 Å². The molecule has 0 amide bonds. The number of nitrogens with one attached hydrogen (secondary N) is 1. The maximum Gasteiger partial charge on any atom is 0.230 e. The molecule has 19 heavy (non-hydrogen) atoms. The van der Waals surface area contributed by atoms with Crippen molar-refractivity contribution in [2.45, 2.75) is 39.7 Å². The van der Waals surface area contributed by atoms with E-state index in [0.29, 0.717) is 5.92 Å². The van der Waals surface area contributed by atoms with Gasteiger partial charge in [0.2, 0.25) is 5.89 Å². The molecule has 1 N–H and O–H groups in total. The Kier molecular flexibility index (Phi) is 2.77. The third kappa shape index (κ3) is 1.82. The van der Waals surface area contributed by atoms with Crippen LogP contribution < -0.4 is 5.32 Å². The number of piperazine rings is 1. The molecule has 106 valence electrons. The summed E-state index contributed by atoms with van der Waals surface area (Å²) in [7, 11) is 2.12. The van der Waals surface area contributed by atoms with Crippen molar-refractivity contribution in [3.63, 3.8) is 0 Å². The first-order valence-corrected chi connectivity index (χ1v) is 7.10. The predicted octanol–water partition coefficient (Wildman–Crippen LogP) is 1.80. The number of hydrogen-bond donors (Lipinski definition) is 1. The van der Waals surface area contributed by atoms with Gasteiger partial charge in [0.15, 0.2) is 5.82 Å². The minimum Gasteiger partial charge on any atom is -0.339 e. The highest BCUT2D eigenvalue weighted by molar-refractivity contribution is 5.25. The minimum absolute atomic E-state index is 0.233. The van der Waals surface area contributed by atoms with Crippen molar-refractivity contribution >= 4 is 0 Å². The second kappa shape index (κ2) is 4.03. The normalized spacial score (nSPS) is 30.5. The molecule has 3 rings (SSSR count). The molecule has 2 fully saturated rings. The highest BCUT2D eigenvalue weighted by Gasteiger charge is 2.68. The van der Waals surface area contributed by atoms with Crippen LogP contribution in [0.1, 0.15) is 51.4 Å². The zero-order chi connectivity index (χ0) is 13.8. The lowest BCUT2D eigenvalue weighted by Gasteiger charge is -2.30. The van der Waals surface area contributed by atoms with Gasteiger partial charge in [-0.05, 0) is 17.9 Å². The maximum absolute atomic E-state index is 5.55. The van der Waals surface area contributed by atoms with Gasteiger partial charge in [-0.15, -0.1) is 0 Å². The third-order valence-electron chi connectivity index (χ3n) is 5.53. The second-order valence-electron chi connectivity index (χ2n) is 7.07.